The fourth-order valence-corrected chi connectivity index (χ4v) is 4.89. The Morgan fingerprint density at radius 1 is 0.972 bits per heavy atom. The number of piperazine rings is 1. The van der Waals surface area contributed by atoms with Crippen molar-refractivity contribution >= 4 is 12.0 Å². The van der Waals surface area contributed by atoms with Crippen molar-refractivity contribution in [2.75, 3.05) is 39.3 Å². The fraction of sp³-hybridized carbons (Fsp3) is 0.407. The monoisotopic (exact) mass is 498 g/mol. The molecule has 1 fully saturated rings. The van der Waals surface area contributed by atoms with Crippen molar-refractivity contribution in [3.63, 3.8) is 0 Å². The zero-order valence-electron chi connectivity index (χ0n) is 20.6. The van der Waals surface area contributed by atoms with Crippen molar-refractivity contribution < 1.29 is 23.1 Å². The molecule has 1 atom stereocenters. The van der Waals surface area contributed by atoms with Gasteiger partial charge in [-0.2, -0.15) is 0 Å². The molecule has 0 spiro atoms. The minimum Gasteiger partial charge on any atom is -0.463 e. The molecule has 9 heteroatoms. The topological polar surface area (TPSA) is 73.9 Å². The lowest BCUT2D eigenvalue weighted by molar-refractivity contribution is -0.139. The van der Waals surface area contributed by atoms with Gasteiger partial charge in [0, 0.05) is 38.4 Å². The van der Waals surface area contributed by atoms with Crippen molar-refractivity contribution in [1.82, 2.24) is 20.4 Å². The van der Waals surface area contributed by atoms with Crippen LogP contribution in [-0.4, -0.2) is 67.2 Å². The first kappa shape index (κ1) is 25.8. The third kappa shape index (κ3) is 5.91. The smallest absolute Gasteiger partial charge is 0.337 e. The normalized spacial score (nSPS) is 19.2. The van der Waals surface area contributed by atoms with Gasteiger partial charge in [-0.15, -0.1) is 0 Å². The summed E-state index contributed by atoms with van der Waals surface area (Å²) in [6.07, 6.45) is 0.579. The number of urea groups is 1. The van der Waals surface area contributed by atoms with E-state index in [1.807, 2.05) is 6.92 Å². The molecule has 4 rings (SSSR count). The van der Waals surface area contributed by atoms with E-state index in [9.17, 15) is 18.4 Å². The van der Waals surface area contributed by atoms with Crippen LogP contribution >= 0.6 is 0 Å². The zero-order chi connectivity index (χ0) is 25.7. The van der Waals surface area contributed by atoms with E-state index in [-0.39, 0.29) is 30.3 Å². The van der Waals surface area contributed by atoms with Gasteiger partial charge in [0.05, 0.1) is 24.3 Å². The molecule has 2 aromatic carbocycles. The third-order valence-electron chi connectivity index (χ3n) is 6.67. The van der Waals surface area contributed by atoms with Gasteiger partial charge in [-0.25, -0.2) is 18.4 Å². The van der Waals surface area contributed by atoms with Crippen LogP contribution in [0, 0.1) is 11.6 Å². The molecule has 1 saturated heterocycles. The number of halogens is 2. The van der Waals surface area contributed by atoms with Gasteiger partial charge in [-0.05, 0) is 48.7 Å². The molecule has 2 aromatic rings. The Balaban J connectivity index is 1.52. The third-order valence-corrected chi connectivity index (χ3v) is 6.67. The molecule has 7 nitrogen and oxygen atoms in total. The second kappa shape index (κ2) is 11.6. The first-order chi connectivity index (χ1) is 17.4. The second-order valence-corrected chi connectivity index (χ2v) is 8.99. The van der Waals surface area contributed by atoms with E-state index in [1.54, 1.807) is 31.2 Å². The SMILES string of the molecule is CCOC(=O)C1=C(CN2CCN(C(c3ccc(F)cc3)c3ccc(F)cc3)CC2)NC(=O)NC1CC. The Hall–Kier alpha value is -3.30. The van der Waals surface area contributed by atoms with E-state index in [0.29, 0.717) is 50.4 Å². The fourth-order valence-electron chi connectivity index (χ4n) is 4.89. The molecule has 2 N–H and O–H groups in total. The lowest BCUT2D eigenvalue weighted by atomic mass is 9.96. The maximum Gasteiger partial charge on any atom is 0.337 e. The van der Waals surface area contributed by atoms with Crippen molar-refractivity contribution in [1.29, 1.82) is 0 Å². The molecular formula is C27H32F2N4O3. The number of nitrogens with zero attached hydrogens (tertiary/aromatic N) is 2. The molecule has 2 amide bonds. The van der Waals surface area contributed by atoms with E-state index in [1.165, 1.54) is 24.3 Å². The molecule has 0 aromatic heterocycles. The molecule has 192 valence electrons. The number of benzene rings is 2. The molecule has 0 radical (unpaired) electrons. The van der Waals surface area contributed by atoms with Gasteiger partial charge in [-0.1, -0.05) is 31.2 Å². The van der Waals surface area contributed by atoms with Gasteiger partial charge in [-0.3, -0.25) is 9.80 Å². The Bertz CT molecular complexity index is 1050. The van der Waals surface area contributed by atoms with Crippen molar-refractivity contribution in [2.24, 2.45) is 0 Å². The van der Waals surface area contributed by atoms with Crippen LogP contribution < -0.4 is 10.6 Å². The number of carbonyl (C=O) groups excluding carboxylic acids is 2. The van der Waals surface area contributed by atoms with Crippen molar-refractivity contribution in [2.45, 2.75) is 32.4 Å². The molecule has 2 aliphatic heterocycles. The number of nitrogens with one attached hydrogen (secondary N) is 2. The summed E-state index contributed by atoms with van der Waals surface area (Å²) in [6.45, 7) is 7.13. The average Bonchev–Trinajstić information content (AvgIpc) is 2.87. The summed E-state index contributed by atoms with van der Waals surface area (Å²) in [6, 6.07) is 12.0. The Labute approximate surface area is 210 Å². The lowest BCUT2D eigenvalue weighted by Gasteiger charge is -2.40. The first-order valence-electron chi connectivity index (χ1n) is 12.3. The second-order valence-electron chi connectivity index (χ2n) is 8.99. The summed E-state index contributed by atoms with van der Waals surface area (Å²) in [5.74, 6) is -1.03. The minimum absolute atomic E-state index is 0.147. The Kier molecular flexibility index (Phi) is 8.32. The van der Waals surface area contributed by atoms with Crippen LogP contribution in [0.1, 0.15) is 37.4 Å². The predicted molar refractivity (Wildman–Crippen MR) is 132 cm³/mol. The molecule has 0 aliphatic carbocycles. The molecule has 0 bridgehead atoms. The van der Waals surface area contributed by atoms with Crippen molar-refractivity contribution in [3.05, 3.63) is 82.6 Å². The summed E-state index contributed by atoms with van der Waals surface area (Å²) in [7, 11) is 0. The first-order valence-corrected chi connectivity index (χ1v) is 12.3. The van der Waals surface area contributed by atoms with Gasteiger partial charge in [0.2, 0.25) is 0 Å². The van der Waals surface area contributed by atoms with Gasteiger partial charge in [0.25, 0.3) is 0 Å². The van der Waals surface area contributed by atoms with Crippen LogP contribution in [0.15, 0.2) is 59.8 Å². The highest BCUT2D eigenvalue weighted by molar-refractivity contribution is 5.94. The van der Waals surface area contributed by atoms with E-state index in [2.05, 4.69) is 20.4 Å². The quantitative estimate of drug-likeness (QED) is 0.545. The number of carbonyl (C=O) groups is 2. The molecular weight excluding hydrogens is 466 g/mol. The van der Waals surface area contributed by atoms with Gasteiger partial charge >= 0.3 is 12.0 Å². The van der Waals surface area contributed by atoms with Gasteiger partial charge in [0.15, 0.2) is 0 Å². The maximum absolute atomic E-state index is 13.6. The Morgan fingerprint density at radius 3 is 2.03 bits per heavy atom. The van der Waals surface area contributed by atoms with Crippen LogP contribution in [0.2, 0.25) is 0 Å². The largest absolute Gasteiger partial charge is 0.463 e. The minimum atomic E-state index is -0.418. The highest BCUT2D eigenvalue weighted by Crippen LogP contribution is 2.30. The molecule has 1 unspecified atom stereocenters. The number of esters is 1. The van der Waals surface area contributed by atoms with Crippen LogP contribution in [0.3, 0.4) is 0 Å². The molecule has 0 saturated carbocycles. The zero-order valence-corrected chi connectivity index (χ0v) is 20.6. The van der Waals surface area contributed by atoms with Crippen LogP contribution in [-0.2, 0) is 9.53 Å². The molecule has 2 aliphatic rings. The van der Waals surface area contributed by atoms with E-state index >= 15 is 0 Å². The Morgan fingerprint density at radius 2 is 1.53 bits per heavy atom. The highest BCUT2D eigenvalue weighted by atomic mass is 19.1. The summed E-state index contributed by atoms with van der Waals surface area (Å²) in [5.41, 5.74) is 2.91. The predicted octanol–water partition coefficient (Wildman–Crippen LogP) is 3.58. The van der Waals surface area contributed by atoms with E-state index < -0.39 is 12.0 Å². The number of hydrogen-bond donors (Lipinski definition) is 2. The van der Waals surface area contributed by atoms with Gasteiger partial charge < -0.3 is 15.4 Å². The average molecular weight is 499 g/mol. The summed E-state index contributed by atoms with van der Waals surface area (Å²) in [5, 5.41) is 5.62. The van der Waals surface area contributed by atoms with E-state index in [4.69, 9.17) is 4.74 Å². The number of amides is 2. The van der Waals surface area contributed by atoms with Crippen molar-refractivity contribution in [3.8, 4) is 0 Å². The molecule has 36 heavy (non-hydrogen) atoms. The van der Waals surface area contributed by atoms with Crippen LogP contribution in [0.4, 0.5) is 13.6 Å². The van der Waals surface area contributed by atoms with Crippen LogP contribution in [0.5, 0.6) is 0 Å². The van der Waals surface area contributed by atoms with Crippen LogP contribution in [0.25, 0.3) is 0 Å². The molecule has 2 heterocycles. The number of ether oxygens (including phenoxy) is 1. The van der Waals surface area contributed by atoms with Gasteiger partial charge in [0.1, 0.15) is 11.6 Å². The summed E-state index contributed by atoms with van der Waals surface area (Å²) in [4.78, 5) is 29.4. The summed E-state index contributed by atoms with van der Waals surface area (Å²) < 4.78 is 32.5. The standard InChI is InChI=1S/C27H32F2N4O3/c1-3-22-24(26(34)36-4-2)23(31-27(35)30-22)17-32-13-15-33(16-14-32)25(18-5-9-20(28)10-6-18)19-7-11-21(29)12-8-19/h5-12,22,25H,3-4,13-17H2,1-2H3,(H2,30,31,35). The number of hydrogen-bond acceptors (Lipinski definition) is 5. The highest BCUT2D eigenvalue weighted by Gasteiger charge is 2.33. The number of rotatable bonds is 8. The summed E-state index contributed by atoms with van der Waals surface area (Å²) >= 11 is 0. The maximum atomic E-state index is 13.6. The van der Waals surface area contributed by atoms with E-state index in [0.717, 1.165) is 11.1 Å². The lowest BCUT2D eigenvalue weighted by Crippen LogP contribution is -2.54.